The molecule has 0 spiro atoms. The summed E-state index contributed by atoms with van der Waals surface area (Å²) in [5, 5.41) is 15.2. The Kier molecular flexibility index (Phi) is 5.12. The molecule has 1 aromatic carbocycles. The quantitative estimate of drug-likeness (QED) is 0.585. The molecule has 1 atom stereocenters. The van der Waals surface area contributed by atoms with Crippen LogP contribution < -0.4 is 5.32 Å². The van der Waals surface area contributed by atoms with E-state index in [2.05, 4.69) is 40.2 Å². The lowest BCUT2D eigenvalue weighted by Gasteiger charge is -2.40. The summed E-state index contributed by atoms with van der Waals surface area (Å²) >= 11 is 1.55. The largest absolute Gasteiger partial charge is 0.383 e. The average Bonchev–Trinajstić information content (AvgIpc) is 3.13. The number of aryl methyl sites for hydroxylation is 1. The summed E-state index contributed by atoms with van der Waals surface area (Å²) in [6.45, 7) is 6.43. The number of benzene rings is 1. The zero-order valence-corrected chi connectivity index (χ0v) is 17.7. The van der Waals surface area contributed by atoms with Gasteiger partial charge in [0, 0.05) is 11.9 Å². The van der Waals surface area contributed by atoms with Gasteiger partial charge in [-0.1, -0.05) is 19.9 Å². The summed E-state index contributed by atoms with van der Waals surface area (Å²) in [4.78, 5) is 13.5. The highest BCUT2D eigenvalue weighted by molar-refractivity contribution is 7.15. The highest BCUT2D eigenvalue weighted by atomic mass is 32.1. The van der Waals surface area contributed by atoms with Gasteiger partial charge < -0.3 is 10.4 Å². The number of anilines is 2. The van der Waals surface area contributed by atoms with E-state index in [-0.39, 0.29) is 5.41 Å². The number of thiazole rings is 1. The van der Waals surface area contributed by atoms with Crippen LogP contribution in [0.4, 0.5) is 16.0 Å². The van der Waals surface area contributed by atoms with Gasteiger partial charge in [0.1, 0.15) is 10.6 Å². The third-order valence-corrected chi connectivity index (χ3v) is 6.60. The van der Waals surface area contributed by atoms with Crippen molar-refractivity contribution in [3.63, 3.8) is 0 Å². The maximum absolute atomic E-state index is 13.0. The van der Waals surface area contributed by atoms with Gasteiger partial charge in [0.05, 0.1) is 17.3 Å². The molecule has 1 aliphatic carbocycles. The van der Waals surface area contributed by atoms with Crippen molar-refractivity contribution in [2.45, 2.75) is 52.1 Å². The van der Waals surface area contributed by atoms with E-state index in [1.807, 2.05) is 25.3 Å². The van der Waals surface area contributed by atoms with Crippen LogP contribution in [-0.4, -0.2) is 20.1 Å². The summed E-state index contributed by atoms with van der Waals surface area (Å²) in [6, 6.07) is 6.06. The Labute approximate surface area is 174 Å². The molecular formula is C22H25FN4OS. The first-order valence-electron chi connectivity index (χ1n) is 9.78. The summed E-state index contributed by atoms with van der Waals surface area (Å²) in [5.41, 5.74) is 2.17. The monoisotopic (exact) mass is 412 g/mol. The summed E-state index contributed by atoms with van der Waals surface area (Å²) < 4.78 is 13.0. The third-order valence-electron chi connectivity index (χ3n) is 5.36. The summed E-state index contributed by atoms with van der Waals surface area (Å²) in [6.07, 6.45) is 7.73. The van der Waals surface area contributed by atoms with Crippen molar-refractivity contribution in [3.05, 3.63) is 53.2 Å². The molecule has 0 bridgehead atoms. The van der Waals surface area contributed by atoms with Crippen LogP contribution in [0.2, 0.25) is 0 Å². The topological polar surface area (TPSA) is 70.9 Å². The van der Waals surface area contributed by atoms with Crippen molar-refractivity contribution >= 4 is 23.0 Å². The molecule has 5 nitrogen and oxygen atoms in total. The molecule has 2 aromatic heterocycles. The fourth-order valence-corrected chi connectivity index (χ4v) is 5.16. The summed E-state index contributed by atoms with van der Waals surface area (Å²) in [5.74, 6) is -0.131. The zero-order chi connectivity index (χ0) is 20.6. The molecule has 152 valence electrons. The molecule has 0 amide bonds. The first-order valence-corrected chi connectivity index (χ1v) is 10.6. The molecule has 7 heteroatoms. The van der Waals surface area contributed by atoms with Crippen LogP contribution in [0.3, 0.4) is 0 Å². The van der Waals surface area contributed by atoms with Crippen LogP contribution in [-0.2, 0) is 5.60 Å². The molecule has 1 unspecified atom stereocenters. The van der Waals surface area contributed by atoms with Gasteiger partial charge >= 0.3 is 0 Å². The third kappa shape index (κ3) is 4.46. The van der Waals surface area contributed by atoms with Crippen molar-refractivity contribution < 1.29 is 9.50 Å². The fourth-order valence-electron chi connectivity index (χ4n) is 4.14. The van der Waals surface area contributed by atoms with Crippen LogP contribution >= 0.6 is 11.3 Å². The number of hydrogen-bond acceptors (Lipinski definition) is 6. The standard InChI is InChI=1S/C22H25FN4OS/c1-14-7-15(9-17(8-14)27-20-25-10-16(23)11-26-20)18-12-24-19(29-18)22(28)6-4-5-21(2,3)13-22/h7-12,28H,4-6,13H2,1-3H3,(H,25,26,27). The van der Waals surface area contributed by atoms with E-state index in [1.54, 1.807) is 11.3 Å². The number of halogens is 1. The Balaban J connectivity index is 1.61. The van der Waals surface area contributed by atoms with Gasteiger partial charge in [-0.15, -0.1) is 11.3 Å². The number of nitrogens with zero attached hydrogens (tertiary/aromatic N) is 3. The average molecular weight is 413 g/mol. The molecule has 3 aromatic rings. The number of rotatable bonds is 4. The Morgan fingerprint density at radius 1 is 1.07 bits per heavy atom. The lowest BCUT2D eigenvalue weighted by Crippen LogP contribution is -2.36. The molecule has 2 N–H and O–H groups in total. The van der Waals surface area contributed by atoms with E-state index in [0.29, 0.717) is 5.95 Å². The molecule has 29 heavy (non-hydrogen) atoms. The normalized spacial score (nSPS) is 21.1. The van der Waals surface area contributed by atoms with Crippen molar-refractivity contribution in [2.24, 2.45) is 5.41 Å². The van der Waals surface area contributed by atoms with Gasteiger partial charge in [-0.2, -0.15) is 0 Å². The van der Waals surface area contributed by atoms with Gasteiger partial charge in [-0.3, -0.25) is 0 Å². The lowest BCUT2D eigenvalue weighted by molar-refractivity contribution is -0.0441. The molecule has 0 radical (unpaired) electrons. The smallest absolute Gasteiger partial charge is 0.227 e. The minimum atomic E-state index is -0.850. The second-order valence-corrected chi connectivity index (χ2v) is 9.72. The maximum atomic E-state index is 13.0. The first kappa shape index (κ1) is 19.9. The van der Waals surface area contributed by atoms with Gasteiger partial charge in [-0.25, -0.2) is 19.3 Å². The van der Waals surface area contributed by atoms with E-state index in [4.69, 9.17) is 0 Å². The predicted molar refractivity (Wildman–Crippen MR) is 114 cm³/mol. The van der Waals surface area contributed by atoms with E-state index in [1.165, 1.54) is 0 Å². The fraction of sp³-hybridized carbons (Fsp3) is 0.409. The van der Waals surface area contributed by atoms with E-state index >= 15 is 0 Å². The van der Waals surface area contributed by atoms with Crippen LogP contribution in [0.1, 0.15) is 50.1 Å². The van der Waals surface area contributed by atoms with Gasteiger partial charge in [-0.05, 0) is 61.3 Å². The van der Waals surface area contributed by atoms with Crippen molar-refractivity contribution in [3.8, 4) is 10.4 Å². The number of hydrogen-bond donors (Lipinski definition) is 2. The highest BCUT2D eigenvalue weighted by Crippen LogP contribution is 2.48. The zero-order valence-electron chi connectivity index (χ0n) is 16.9. The van der Waals surface area contributed by atoms with Crippen molar-refractivity contribution in [2.75, 3.05) is 5.32 Å². The van der Waals surface area contributed by atoms with Crippen molar-refractivity contribution in [1.82, 2.24) is 15.0 Å². The van der Waals surface area contributed by atoms with Crippen LogP contribution in [0.15, 0.2) is 36.8 Å². The molecule has 1 aliphatic rings. The molecule has 1 fully saturated rings. The lowest BCUT2D eigenvalue weighted by atomic mass is 9.70. The number of nitrogens with one attached hydrogen (secondary N) is 1. The minimum Gasteiger partial charge on any atom is -0.383 e. The minimum absolute atomic E-state index is 0.119. The SMILES string of the molecule is Cc1cc(Nc2ncc(F)cn2)cc(-c2cnc(C3(O)CCCC(C)(C)C3)s2)c1. The Hall–Kier alpha value is -2.38. The second kappa shape index (κ2) is 7.46. The molecule has 4 rings (SSSR count). The Morgan fingerprint density at radius 3 is 2.55 bits per heavy atom. The van der Waals surface area contributed by atoms with Gasteiger partial charge in [0.25, 0.3) is 0 Å². The predicted octanol–water partition coefficient (Wildman–Crippen LogP) is 5.58. The van der Waals surface area contributed by atoms with Crippen LogP contribution in [0, 0.1) is 18.2 Å². The first-order chi connectivity index (χ1) is 13.7. The second-order valence-electron chi connectivity index (χ2n) is 8.69. The number of aromatic nitrogens is 3. The Bertz CT molecular complexity index is 1020. The van der Waals surface area contributed by atoms with Gasteiger partial charge in [0.15, 0.2) is 5.82 Å². The van der Waals surface area contributed by atoms with Gasteiger partial charge in [0.2, 0.25) is 5.95 Å². The number of aliphatic hydroxyl groups is 1. The molecule has 0 saturated heterocycles. The molecule has 0 aliphatic heterocycles. The highest BCUT2D eigenvalue weighted by Gasteiger charge is 2.41. The Morgan fingerprint density at radius 2 is 1.83 bits per heavy atom. The summed E-state index contributed by atoms with van der Waals surface area (Å²) in [7, 11) is 0. The molecule has 1 saturated carbocycles. The van der Waals surface area contributed by atoms with E-state index in [9.17, 15) is 9.50 Å². The van der Waals surface area contributed by atoms with Crippen LogP contribution in [0.5, 0.6) is 0 Å². The van der Waals surface area contributed by atoms with Crippen LogP contribution in [0.25, 0.3) is 10.4 Å². The molecule has 2 heterocycles. The van der Waals surface area contributed by atoms with E-state index < -0.39 is 11.4 Å². The van der Waals surface area contributed by atoms with Crippen molar-refractivity contribution in [1.29, 1.82) is 0 Å². The molecular weight excluding hydrogens is 387 g/mol. The van der Waals surface area contributed by atoms with E-state index in [0.717, 1.165) is 64.8 Å². The maximum Gasteiger partial charge on any atom is 0.227 e.